The summed E-state index contributed by atoms with van der Waals surface area (Å²) in [7, 11) is 1.50. The summed E-state index contributed by atoms with van der Waals surface area (Å²) in [4.78, 5) is 11.6. The molecule has 5 heteroatoms. The fourth-order valence-corrected chi connectivity index (χ4v) is 2.03. The van der Waals surface area contributed by atoms with Gasteiger partial charge in [-0.1, -0.05) is 23.2 Å². The van der Waals surface area contributed by atoms with Gasteiger partial charge in [-0.15, -0.1) is 0 Å². The van der Waals surface area contributed by atoms with Gasteiger partial charge >= 0.3 is 0 Å². The van der Waals surface area contributed by atoms with E-state index in [2.05, 4.69) is 0 Å². The van der Waals surface area contributed by atoms with Crippen molar-refractivity contribution in [3.63, 3.8) is 0 Å². The number of benzene rings is 1. The molecule has 0 saturated carbocycles. The molecule has 15 heavy (non-hydrogen) atoms. The Morgan fingerprint density at radius 2 is 2.07 bits per heavy atom. The number of ketones is 1. The molecule has 0 fully saturated rings. The first-order chi connectivity index (χ1) is 7.10. The summed E-state index contributed by atoms with van der Waals surface area (Å²) in [5, 5.41) is 0.765. The molecule has 0 unspecified atom stereocenters. The molecule has 0 atom stereocenters. The minimum Gasteiger partial charge on any atom is -0.495 e. The molecule has 1 rings (SSSR count). The van der Waals surface area contributed by atoms with Gasteiger partial charge in [0, 0.05) is 11.6 Å². The maximum atomic E-state index is 11.6. The summed E-state index contributed by atoms with van der Waals surface area (Å²) in [6.07, 6.45) is 1.86. The van der Waals surface area contributed by atoms with Crippen LogP contribution in [0, 0.1) is 0 Å². The number of hydrogen-bond acceptors (Lipinski definition) is 3. The van der Waals surface area contributed by atoms with Gasteiger partial charge in [0.1, 0.15) is 5.75 Å². The van der Waals surface area contributed by atoms with Crippen molar-refractivity contribution in [2.45, 2.75) is 0 Å². The van der Waals surface area contributed by atoms with Crippen LogP contribution in [0.2, 0.25) is 10.0 Å². The van der Waals surface area contributed by atoms with Crippen molar-refractivity contribution in [1.82, 2.24) is 0 Å². The number of carbonyl (C=O) groups is 1. The molecule has 0 spiro atoms. The number of halogens is 2. The Morgan fingerprint density at radius 3 is 2.60 bits per heavy atom. The van der Waals surface area contributed by atoms with Crippen molar-refractivity contribution in [3.8, 4) is 5.75 Å². The van der Waals surface area contributed by atoms with E-state index in [1.165, 1.54) is 18.9 Å². The zero-order valence-electron chi connectivity index (χ0n) is 8.34. The number of carbonyl (C=O) groups excluding carboxylic acids is 1. The zero-order valence-corrected chi connectivity index (χ0v) is 10.7. The van der Waals surface area contributed by atoms with Gasteiger partial charge in [-0.2, -0.15) is 11.8 Å². The molecule has 0 bridgehead atoms. The lowest BCUT2D eigenvalue weighted by molar-refractivity contribution is 0.102. The van der Waals surface area contributed by atoms with Crippen LogP contribution >= 0.6 is 35.0 Å². The highest BCUT2D eigenvalue weighted by Crippen LogP contribution is 2.31. The van der Waals surface area contributed by atoms with Crippen molar-refractivity contribution >= 4 is 40.7 Å². The highest BCUT2D eigenvalue weighted by Gasteiger charge is 2.13. The topological polar surface area (TPSA) is 26.3 Å². The second-order valence-electron chi connectivity index (χ2n) is 2.82. The van der Waals surface area contributed by atoms with Crippen LogP contribution in [-0.4, -0.2) is 24.9 Å². The molecule has 0 amide bonds. The molecule has 0 saturated heterocycles. The van der Waals surface area contributed by atoms with Crippen molar-refractivity contribution in [2.75, 3.05) is 19.1 Å². The Balaban J connectivity index is 3.10. The molecule has 82 valence electrons. The Hall–Kier alpha value is -0.380. The standard InChI is InChI=1S/C10H10Cl2O2S/c1-14-10-4-7(11)6(3-8(10)12)9(13)5-15-2/h3-4H,5H2,1-2H3. The average Bonchev–Trinajstić information content (AvgIpc) is 2.21. The number of Topliss-reactive ketones (excluding diaryl/α,β-unsaturated/α-hetero) is 1. The van der Waals surface area contributed by atoms with Crippen molar-refractivity contribution in [1.29, 1.82) is 0 Å². The molecule has 0 aliphatic rings. The minimum absolute atomic E-state index is 0.0305. The Bertz CT molecular complexity index is 380. The first kappa shape index (κ1) is 12.7. The zero-order chi connectivity index (χ0) is 11.4. The lowest BCUT2D eigenvalue weighted by Gasteiger charge is -2.07. The Kier molecular flexibility index (Phi) is 4.77. The van der Waals surface area contributed by atoms with Crippen molar-refractivity contribution in [3.05, 3.63) is 27.7 Å². The third-order valence-electron chi connectivity index (χ3n) is 1.82. The average molecular weight is 265 g/mol. The molecule has 0 aliphatic heterocycles. The van der Waals surface area contributed by atoms with Crippen LogP contribution in [0.4, 0.5) is 0 Å². The van der Waals surface area contributed by atoms with E-state index in [4.69, 9.17) is 27.9 Å². The van der Waals surface area contributed by atoms with E-state index in [0.29, 0.717) is 27.1 Å². The third kappa shape index (κ3) is 3.03. The van der Waals surface area contributed by atoms with E-state index in [1.807, 2.05) is 6.26 Å². The number of rotatable bonds is 4. The number of hydrogen-bond donors (Lipinski definition) is 0. The van der Waals surface area contributed by atoms with Crippen molar-refractivity contribution < 1.29 is 9.53 Å². The molecule has 0 radical (unpaired) electrons. The van der Waals surface area contributed by atoms with Crippen LogP contribution in [0.15, 0.2) is 12.1 Å². The van der Waals surface area contributed by atoms with Gasteiger partial charge in [0.2, 0.25) is 0 Å². The van der Waals surface area contributed by atoms with Crippen LogP contribution in [0.5, 0.6) is 5.75 Å². The molecule has 1 aromatic carbocycles. The second-order valence-corrected chi connectivity index (χ2v) is 4.50. The molecule has 0 heterocycles. The van der Waals surface area contributed by atoms with E-state index >= 15 is 0 Å². The van der Waals surface area contributed by atoms with Gasteiger partial charge in [-0.3, -0.25) is 4.79 Å². The Labute approximate surface area is 103 Å². The van der Waals surface area contributed by atoms with Crippen molar-refractivity contribution in [2.24, 2.45) is 0 Å². The highest BCUT2D eigenvalue weighted by molar-refractivity contribution is 7.99. The number of methoxy groups -OCH3 is 1. The van der Waals surface area contributed by atoms with E-state index in [9.17, 15) is 4.79 Å². The van der Waals surface area contributed by atoms with Crippen LogP contribution in [0.25, 0.3) is 0 Å². The second kappa shape index (κ2) is 5.64. The van der Waals surface area contributed by atoms with Gasteiger partial charge in [-0.05, 0) is 12.3 Å². The first-order valence-corrected chi connectivity index (χ1v) is 6.30. The molecule has 1 aromatic rings. The maximum Gasteiger partial charge on any atom is 0.174 e. The lowest BCUT2D eigenvalue weighted by atomic mass is 10.1. The van der Waals surface area contributed by atoms with Crippen LogP contribution in [-0.2, 0) is 0 Å². The summed E-state index contributed by atoms with van der Waals surface area (Å²) in [6, 6.07) is 3.10. The van der Waals surface area contributed by atoms with Crippen LogP contribution in [0.1, 0.15) is 10.4 Å². The molecular weight excluding hydrogens is 255 g/mol. The smallest absolute Gasteiger partial charge is 0.174 e. The number of thioether (sulfide) groups is 1. The van der Waals surface area contributed by atoms with Gasteiger partial charge in [0.25, 0.3) is 0 Å². The van der Waals surface area contributed by atoms with Crippen LogP contribution < -0.4 is 4.74 Å². The maximum absolute atomic E-state index is 11.6. The highest BCUT2D eigenvalue weighted by atomic mass is 35.5. The van der Waals surface area contributed by atoms with Gasteiger partial charge in [0.15, 0.2) is 5.78 Å². The molecule has 0 N–H and O–H groups in total. The SMILES string of the molecule is COc1cc(Cl)c(C(=O)CSC)cc1Cl. The Morgan fingerprint density at radius 1 is 1.40 bits per heavy atom. The van der Waals surface area contributed by atoms with E-state index in [1.54, 1.807) is 12.1 Å². The van der Waals surface area contributed by atoms with Gasteiger partial charge < -0.3 is 4.74 Å². The molecular formula is C10H10Cl2O2S. The first-order valence-electron chi connectivity index (χ1n) is 4.15. The molecule has 0 aromatic heterocycles. The fraction of sp³-hybridized carbons (Fsp3) is 0.300. The normalized spacial score (nSPS) is 10.1. The number of ether oxygens (including phenoxy) is 1. The largest absolute Gasteiger partial charge is 0.495 e. The summed E-state index contributed by atoms with van der Waals surface area (Å²) >= 11 is 13.3. The third-order valence-corrected chi connectivity index (χ3v) is 2.98. The minimum atomic E-state index is -0.0305. The molecule has 2 nitrogen and oxygen atoms in total. The summed E-state index contributed by atoms with van der Waals surface area (Å²) in [6.45, 7) is 0. The fourth-order valence-electron chi connectivity index (χ4n) is 1.11. The molecule has 0 aliphatic carbocycles. The van der Waals surface area contributed by atoms with E-state index in [0.717, 1.165) is 0 Å². The predicted octanol–water partition coefficient (Wildman–Crippen LogP) is 3.55. The van der Waals surface area contributed by atoms with Gasteiger partial charge in [-0.25, -0.2) is 0 Å². The summed E-state index contributed by atoms with van der Waals surface area (Å²) in [5.41, 5.74) is 0.441. The predicted molar refractivity (Wildman–Crippen MR) is 65.7 cm³/mol. The van der Waals surface area contributed by atoms with E-state index in [-0.39, 0.29) is 5.78 Å². The van der Waals surface area contributed by atoms with E-state index < -0.39 is 0 Å². The lowest BCUT2D eigenvalue weighted by Crippen LogP contribution is -2.03. The van der Waals surface area contributed by atoms with Crippen LogP contribution in [0.3, 0.4) is 0 Å². The van der Waals surface area contributed by atoms with Gasteiger partial charge in [0.05, 0.1) is 22.9 Å². The monoisotopic (exact) mass is 264 g/mol. The quantitative estimate of drug-likeness (QED) is 0.779. The summed E-state index contributed by atoms with van der Waals surface area (Å²) in [5.74, 6) is 0.835. The summed E-state index contributed by atoms with van der Waals surface area (Å²) < 4.78 is 4.99.